The van der Waals surface area contributed by atoms with Gasteiger partial charge in [-0.3, -0.25) is 0 Å². The largest absolute Gasteiger partial charge is 0.374 e. The monoisotopic (exact) mass is 280 g/mol. The average molecular weight is 281 g/mol. The number of halogens is 1. The Kier molecular flexibility index (Phi) is 4.87. The summed E-state index contributed by atoms with van der Waals surface area (Å²) >= 11 is 6.01. The van der Waals surface area contributed by atoms with Gasteiger partial charge in [-0.2, -0.15) is 0 Å². The van der Waals surface area contributed by atoms with E-state index in [1.807, 2.05) is 13.1 Å². The fourth-order valence-corrected chi connectivity index (χ4v) is 2.05. The second-order valence-corrected chi connectivity index (χ2v) is 4.43. The molecule has 0 bridgehead atoms. The van der Waals surface area contributed by atoms with Crippen molar-refractivity contribution in [1.29, 1.82) is 0 Å². The summed E-state index contributed by atoms with van der Waals surface area (Å²) < 4.78 is 7.39. The third kappa shape index (κ3) is 3.75. The van der Waals surface area contributed by atoms with Gasteiger partial charge in [-0.25, -0.2) is 15.0 Å². The Morgan fingerprint density at radius 1 is 1.32 bits per heavy atom. The van der Waals surface area contributed by atoms with Crippen LogP contribution in [0.15, 0.2) is 18.5 Å². The van der Waals surface area contributed by atoms with Crippen LogP contribution in [-0.4, -0.2) is 26.1 Å². The molecule has 0 amide bonds. The topological polar surface area (TPSA) is 52.8 Å². The molecule has 2 aromatic rings. The summed E-state index contributed by atoms with van der Waals surface area (Å²) in [5, 5.41) is 0.439. The normalized spacial score (nSPS) is 10.9. The number of nitrogens with zero attached hydrogens (tertiary/aromatic N) is 4. The molecule has 2 aromatic heterocycles. The lowest BCUT2D eigenvalue weighted by atomic mass is 10.3. The Balaban J connectivity index is 2.17. The van der Waals surface area contributed by atoms with Crippen molar-refractivity contribution >= 4 is 11.6 Å². The second-order valence-electron chi connectivity index (χ2n) is 4.04. The van der Waals surface area contributed by atoms with Crippen LogP contribution in [0.3, 0.4) is 0 Å². The van der Waals surface area contributed by atoms with Gasteiger partial charge in [0.15, 0.2) is 5.82 Å². The zero-order chi connectivity index (χ0) is 13.7. The van der Waals surface area contributed by atoms with Gasteiger partial charge in [-0.1, -0.05) is 11.6 Å². The van der Waals surface area contributed by atoms with Crippen molar-refractivity contribution in [3.05, 3.63) is 41.0 Å². The van der Waals surface area contributed by atoms with Crippen molar-refractivity contribution in [3.8, 4) is 0 Å². The minimum Gasteiger partial charge on any atom is -0.374 e. The summed E-state index contributed by atoms with van der Waals surface area (Å²) in [7, 11) is 0. The Morgan fingerprint density at radius 2 is 2.16 bits per heavy atom. The van der Waals surface area contributed by atoms with Crippen molar-refractivity contribution < 1.29 is 4.74 Å². The maximum absolute atomic E-state index is 6.01. The van der Waals surface area contributed by atoms with Gasteiger partial charge in [0, 0.05) is 32.0 Å². The molecule has 0 aliphatic heterocycles. The van der Waals surface area contributed by atoms with Gasteiger partial charge in [0.1, 0.15) is 17.6 Å². The Hall–Kier alpha value is -1.46. The molecule has 0 saturated carbocycles. The molecule has 2 rings (SSSR count). The van der Waals surface area contributed by atoms with E-state index in [0.29, 0.717) is 30.6 Å². The molecule has 0 atom stereocenters. The van der Waals surface area contributed by atoms with Crippen molar-refractivity contribution in [2.75, 3.05) is 6.61 Å². The summed E-state index contributed by atoms with van der Waals surface area (Å²) in [6.45, 7) is 5.92. The van der Waals surface area contributed by atoms with Gasteiger partial charge in [0.2, 0.25) is 0 Å². The van der Waals surface area contributed by atoms with Crippen LogP contribution >= 0.6 is 11.6 Å². The molecule has 5 nitrogen and oxygen atoms in total. The standard InChI is InChI=1S/C13H17ClN4O/c1-3-18-6-5-15-13(18)8-10-7-11(14)17-12(16-10)9-19-4-2/h5-7H,3-4,8-9H2,1-2H3. The smallest absolute Gasteiger partial charge is 0.155 e. The van der Waals surface area contributed by atoms with E-state index in [2.05, 4.69) is 26.4 Å². The fraction of sp³-hybridized carbons (Fsp3) is 0.462. The van der Waals surface area contributed by atoms with Crippen LogP contribution in [0.2, 0.25) is 5.15 Å². The number of hydrogen-bond donors (Lipinski definition) is 0. The van der Waals surface area contributed by atoms with Gasteiger partial charge >= 0.3 is 0 Å². The molecule has 0 radical (unpaired) electrons. The maximum Gasteiger partial charge on any atom is 0.155 e. The van der Waals surface area contributed by atoms with Crippen LogP contribution in [0.1, 0.15) is 31.2 Å². The Labute approximate surface area is 117 Å². The maximum atomic E-state index is 6.01. The van der Waals surface area contributed by atoms with Gasteiger partial charge in [0.05, 0.1) is 5.69 Å². The summed E-state index contributed by atoms with van der Waals surface area (Å²) in [5.41, 5.74) is 0.857. The van der Waals surface area contributed by atoms with Gasteiger partial charge < -0.3 is 9.30 Å². The molecule has 0 aliphatic rings. The molecule has 19 heavy (non-hydrogen) atoms. The summed E-state index contributed by atoms with van der Waals surface area (Å²) in [6, 6.07) is 1.77. The van der Waals surface area contributed by atoms with Crippen molar-refractivity contribution in [2.45, 2.75) is 33.4 Å². The van der Waals surface area contributed by atoms with Crippen molar-refractivity contribution in [1.82, 2.24) is 19.5 Å². The highest BCUT2D eigenvalue weighted by Gasteiger charge is 2.08. The van der Waals surface area contributed by atoms with E-state index in [1.165, 1.54) is 0 Å². The second kappa shape index (κ2) is 6.63. The first-order chi connectivity index (χ1) is 9.22. The van der Waals surface area contributed by atoms with Crippen LogP contribution in [0.4, 0.5) is 0 Å². The zero-order valence-corrected chi connectivity index (χ0v) is 11.9. The van der Waals surface area contributed by atoms with E-state index in [4.69, 9.17) is 16.3 Å². The minimum atomic E-state index is 0.381. The van der Waals surface area contributed by atoms with Crippen LogP contribution < -0.4 is 0 Å². The van der Waals surface area contributed by atoms with Crippen LogP contribution in [0, 0.1) is 0 Å². The quantitative estimate of drug-likeness (QED) is 0.763. The lowest BCUT2D eigenvalue weighted by Gasteiger charge is -2.07. The summed E-state index contributed by atoms with van der Waals surface area (Å²) in [6.07, 6.45) is 4.39. The molecule has 0 unspecified atom stereocenters. The third-order valence-corrected chi connectivity index (χ3v) is 2.90. The third-order valence-electron chi connectivity index (χ3n) is 2.71. The first kappa shape index (κ1) is 14.0. The lowest BCUT2D eigenvalue weighted by molar-refractivity contribution is 0.128. The van der Waals surface area contributed by atoms with E-state index in [1.54, 1.807) is 12.3 Å². The number of ether oxygens (including phenoxy) is 1. The van der Waals surface area contributed by atoms with E-state index < -0.39 is 0 Å². The average Bonchev–Trinajstić information content (AvgIpc) is 2.83. The molecule has 0 saturated heterocycles. The number of imidazole rings is 1. The Morgan fingerprint density at radius 3 is 2.89 bits per heavy atom. The van der Waals surface area contributed by atoms with Crippen LogP contribution in [0.5, 0.6) is 0 Å². The van der Waals surface area contributed by atoms with Gasteiger partial charge in [-0.15, -0.1) is 0 Å². The van der Waals surface area contributed by atoms with E-state index >= 15 is 0 Å². The molecule has 0 aromatic carbocycles. The first-order valence-electron chi connectivity index (χ1n) is 6.33. The molecule has 2 heterocycles. The molecular formula is C13H17ClN4O. The molecular weight excluding hydrogens is 264 g/mol. The highest BCUT2D eigenvalue weighted by atomic mass is 35.5. The predicted octanol–water partition coefficient (Wildman–Crippen LogP) is 2.47. The van der Waals surface area contributed by atoms with Gasteiger partial charge in [0.25, 0.3) is 0 Å². The highest BCUT2D eigenvalue weighted by molar-refractivity contribution is 6.29. The van der Waals surface area contributed by atoms with E-state index in [-0.39, 0.29) is 0 Å². The SMILES string of the molecule is CCOCc1nc(Cl)cc(Cc2nccn2CC)n1. The Bertz CT molecular complexity index is 541. The number of hydrogen-bond acceptors (Lipinski definition) is 4. The van der Waals surface area contributed by atoms with E-state index in [0.717, 1.165) is 18.1 Å². The first-order valence-corrected chi connectivity index (χ1v) is 6.70. The van der Waals surface area contributed by atoms with Crippen molar-refractivity contribution in [2.24, 2.45) is 0 Å². The lowest BCUT2D eigenvalue weighted by Crippen LogP contribution is -2.06. The fourth-order valence-electron chi connectivity index (χ4n) is 1.82. The van der Waals surface area contributed by atoms with E-state index in [9.17, 15) is 0 Å². The number of aromatic nitrogens is 4. The van der Waals surface area contributed by atoms with Crippen molar-refractivity contribution in [3.63, 3.8) is 0 Å². The highest BCUT2D eigenvalue weighted by Crippen LogP contribution is 2.12. The van der Waals surface area contributed by atoms with Crippen LogP contribution in [0.25, 0.3) is 0 Å². The number of rotatable bonds is 6. The molecule has 6 heteroatoms. The molecule has 0 aliphatic carbocycles. The molecule has 102 valence electrons. The molecule has 0 fully saturated rings. The molecule has 0 N–H and O–H groups in total. The summed E-state index contributed by atoms with van der Waals surface area (Å²) in [5.74, 6) is 1.58. The minimum absolute atomic E-state index is 0.381. The zero-order valence-electron chi connectivity index (χ0n) is 11.1. The molecule has 0 spiro atoms. The predicted molar refractivity (Wildman–Crippen MR) is 73.1 cm³/mol. The number of aryl methyl sites for hydroxylation is 1. The summed E-state index contributed by atoms with van der Waals surface area (Å²) in [4.78, 5) is 12.9. The van der Waals surface area contributed by atoms with Gasteiger partial charge in [-0.05, 0) is 19.9 Å². The van der Waals surface area contributed by atoms with Crippen LogP contribution in [-0.2, 0) is 24.3 Å².